The third-order valence-corrected chi connectivity index (χ3v) is 5.24. The Bertz CT molecular complexity index is 564. The van der Waals surface area contributed by atoms with Gasteiger partial charge in [-0.25, -0.2) is 0 Å². The van der Waals surface area contributed by atoms with E-state index in [2.05, 4.69) is 24.8 Å². The zero-order chi connectivity index (χ0) is 16.4. The molecule has 3 rings (SSSR count). The molecule has 0 saturated carbocycles. The van der Waals surface area contributed by atoms with Gasteiger partial charge in [0.1, 0.15) is 6.61 Å². The van der Waals surface area contributed by atoms with Gasteiger partial charge in [0.2, 0.25) is 5.91 Å². The van der Waals surface area contributed by atoms with E-state index in [1.807, 2.05) is 23.1 Å². The van der Waals surface area contributed by atoms with Gasteiger partial charge < -0.3 is 9.64 Å². The van der Waals surface area contributed by atoms with Gasteiger partial charge in [-0.05, 0) is 38.3 Å². The third kappa shape index (κ3) is 3.70. The molecule has 0 aliphatic carbocycles. The van der Waals surface area contributed by atoms with Crippen LogP contribution >= 0.6 is 11.6 Å². The van der Waals surface area contributed by atoms with Crippen LogP contribution < -0.4 is 0 Å². The van der Waals surface area contributed by atoms with Gasteiger partial charge in [0, 0.05) is 30.7 Å². The molecule has 4 nitrogen and oxygen atoms in total. The molecule has 0 N–H and O–H groups in total. The summed E-state index contributed by atoms with van der Waals surface area (Å²) in [5.41, 5.74) is 1.16. The molecule has 1 aromatic carbocycles. The number of carbonyl (C=O) groups is 1. The van der Waals surface area contributed by atoms with Gasteiger partial charge in [-0.3, -0.25) is 9.69 Å². The second kappa shape index (κ2) is 7.20. The molecule has 2 heterocycles. The first-order valence-corrected chi connectivity index (χ1v) is 8.82. The summed E-state index contributed by atoms with van der Waals surface area (Å²) in [5.74, 6) is 0.126. The van der Waals surface area contributed by atoms with Crippen LogP contribution in [0.25, 0.3) is 0 Å². The summed E-state index contributed by atoms with van der Waals surface area (Å²) < 4.78 is 5.83. The van der Waals surface area contributed by atoms with Crippen molar-refractivity contribution in [2.75, 3.05) is 19.7 Å². The minimum absolute atomic E-state index is 0.126. The van der Waals surface area contributed by atoms with E-state index in [1.54, 1.807) is 0 Å². The lowest BCUT2D eigenvalue weighted by Gasteiger charge is -2.42. The van der Waals surface area contributed by atoms with E-state index in [0.717, 1.165) is 43.1 Å². The number of rotatable bonds is 3. The second-order valence-electron chi connectivity index (χ2n) is 6.76. The van der Waals surface area contributed by atoms with Gasteiger partial charge in [0.05, 0.1) is 12.1 Å². The fourth-order valence-corrected chi connectivity index (χ4v) is 3.96. The number of hydrogen-bond donors (Lipinski definition) is 0. The highest BCUT2D eigenvalue weighted by molar-refractivity contribution is 6.31. The highest BCUT2D eigenvalue weighted by Gasteiger charge is 2.39. The minimum Gasteiger partial charge on any atom is -0.366 e. The predicted octanol–water partition coefficient (Wildman–Crippen LogP) is 2.94. The Morgan fingerprint density at radius 2 is 2.00 bits per heavy atom. The fourth-order valence-electron chi connectivity index (χ4n) is 3.76. The maximum absolute atomic E-state index is 12.2. The topological polar surface area (TPSA) is 32.8 Å². The molecule has 1 aromatic rings. The van der Waals surface area contributed by atoms with Crippen molar-refractivity contribution in [1.82, 2.24) is 9.80 Å². The number of morpholine rings is 1. The van der Waals surface area contributed by atoms with Crippen LogP contribution in [0.1, 0.15) is 32.3 Å². The Morgan fingerprint density at radius 3 is 2.74 bits per heavy atom. The summed E-state index contributed by atoms with van der Waals surface area (Å²) in [5, 5.41) is 0.824. The van der Waals surface area contributed by atoms with Crippen molar-refractivity contribution in [2.24, 2.45) is 0 Å². The molecule has 0 aromatic heterocycles. The molecule has 2 aliphatic rings. The van der Waals surface area contributed by atoms with Gasteiger partial charge in [-0.1, -0.05) is 29.8 Å². The van der Waals surface area contributed by atoms with Crippen LogP contribution in [-0.2, 0) is 16.1 Å². The summed E-state index contributed by atoms with van der Waals surface area (Å²) >= 11 is 6.29. The summed E-state index contributed by atoms with van der Waals surface area (Å²) in [6.07, 6.45) is 2.08. The lowest BCUT2D eigenvalue weighted by Crippen LogP contribution is -2.56. The van der Waals surface area contributed by atoms with E-state index in [-0.39, 0.29) is 30.7 Å². The molecule has 0 unspecified atom stereocenters. The number of likely N-dealkylation sites (tertiary alicyclic amines) is 1. The number of nitrogens with zero attached hydrogens (tertiary/aromatic N) is 2. The van der Waals surface area contributed by atoms with Crippen molar-refractivity contribution < 1.29 is 9.53 Å². The van der Waals surface area contributed by atoms with E-state index in [9.17, 15) is 4.79 Å². The van der Waals surface area contributed by atoms with E-state index in [0.29, 0.717) is 0 Å². The van der Waals surface area contributed by atoms with Crippen molar-refractivity contribution in [3.05, 3.63) is 34.9 Å². The van der Waals surface area contributed by atoms with Crippen LogP contribution in [0, 0.1) is 0 Å². The van der Waals surface area contributed by atoms with Crippen LogP contribution in [-0.4, -0.2) is 53.6 Å². The smallest absolute Gasteiger partial charge is 0.249 e. The summed E-state index contributed by atoms with van der Waals surface area (Å²) in [7, 11) is 0. The zero-order valence-electron chi connectivity index (χ0n) is 13.9. The van der Waals surface area contributed by atoms with Crippen LogP contribution in [0.4, 0.5) is 0 Å². The summed E-state index contributed by atoms with van der Waals surface area (Å²) in [4.78, 5) is 16.6. The molecular formula is C18H25ClN2O2. The molecule has 0 bridgehead atoms. The highest BCUT2D eigenvalue weighted by atomic mass is 35.5. The SMILES string of the molecule is CC(C)N1C(=O)CO[C@H]2CCN(Cc3ccccc3Cl)CC[C@@H]21. The quantitative estimate of drug-likeness (QED) is 0.850. The molecule has 2 saturated heterocycles. The molecular weight excluding hydrogens is 312 g/mol. The van der Waals surface area contributed by atoms with E-state index >= 15 is 0 Å². The van der Waals surface area contributed by atoms with Gasteiger partial charge >= 0.3 is 0 Å². The average molecular weight is 337 g/mol. The van der Waals surface area contributed by atoms with E-state index in [4.69, 9.17) is 16.3 Å². The van der Waals surface area contributed by atoms with Crippen molar-refractivity contribution in [1.29, 1.82) is 0 Å². The molecule has 2 fully saturated rings. The van der Waals surface area contributed by atoms with Crippen LogP contribution in [0.3, 0.4) is 0 Å². The Kier molecular flexibility index (Phi) is 5.24. The standard InChI is InChI=1S/C18H25ClN2O2/c1-13(2)21-16-7-9-20(10-8-17(16)23-12-18(21)22)11-14-5-3-4-6-15(14)19/h3-6,13,16-17H,7-12H2,1-2H3/t16-,17-/m0/s1. The Balaban J connectivity index is 1.69. The minimum atomic E-state index is 0.126. The number of halogens is 1. The first-order valence-electron chi connectivity index (χ1n) is 8.45. The number of amides is 1. The lowest BCUT2D eigenvalue weighted by molar-refractivity contribution is -0.160. The normalized spacial score (nSPS) is 26.3. The van der Waals surface area contributed by atoms with Crippen molar-refractivity contribution >= 4 is 17.5 Å². The van der Waals surface area contributed by atoms with Crippen molar-refractivity contribution in [2.45, 2.75) is 51.4 Å². The first kappa shape index (κ1) is 16.7. The zero-order valence-corrected chi connectivity index (χ0v) is 14.6. The summed E-state index contributed by atoms with van der Waals surface area (Å²) in [6, 6.07) is 8.45. The van der Waals surface area contributed by atoms with Crippen LogP contribution in [0.5, 0.6) is 0 Å². The third-order valence-electron chi connectivity index (χ3n) is 4.87. The highest BCUT2D eigenvalue weighted by Crippen LogP contribution is 2.27. The summed E-state index contributed by atoms with van der Waals surface area (Å²) in [6.45, 7) is 7.21. The number of hydrogen-bond acceptors (Lipinski definition) is 3. The lowest BCUT2D eigenvalue weighted by atomic mass is 10.0. The van der Waals surface area contributed by atoms with Crippen molar-refractivity contribution in [3.63, 3.8) is 0 Å². The maximum Gasteiger partial charge on any atom is 0.249 e. The van der Waals surface area contributed by atoms with E-state index < -0.39 is 0 Å². The van der Waals surface area contributed by atoms with E-state index in [1.165, 1.54) is 0 Å². The molecule has 0 radical (unpaired) electrons. The monoisotopic (exact) mass is 336 g/mol. The maximum atomic E-state index is 12.2. The van der Waals surface area contributed by atoms with Gasteiger partial charge in [-0.2, -0.15) is 0 Å². The Hall–Kier alpha value is -1.10. The van der Waals surface area contributed by atoms with Crippen LogP contribution in [0.2, 0.25) is 5.02 Å². The predicted molar refractivity (Wildman–Crippen MR) is 91.5 cm³/mol. The molecule has 2 atom stereocenters. The second-order valence-corrected chi connectivity index (χ2v) is 7.16. The Labute approximate surface area is 143 Å². The largest absolute Gasteiger partial charge is 0.366 e. The molecule has 1 amide bonds. The molecule has 23 heavy (non-hydrogen) atoms. The van der Waals surface area contributed by atoms with Gasteiger partial charge in [-0.15, -0.1) is 0 Å². The van der Waals surface area contributed by atoms with Crippen LogP contribution in [0.15, 0.2) is 24.3 Å². The number of ether oxygens (including phenoxy) is 1. The van der Waals surface area contributed by atoms with Gasteiger partial charge in [0.15, 0.2) is 0 Å². The van der Waals surface area contributed by atoms with Crippen molar-refractivity contribution in [3.8, 4) is 0 Å². The molecule has 126 valence electrons. The fraction of sp³-hybridized carbons (Fsp3) is 0.611. The first-order chi connectivity index (χ1) is 11.1. The number of fused-ring (bicyclic) bond motifs is 1. The van der Waals surface area contributed by atoms with Gasteiger partial charge in [0.25, 0.3) is 0 Å². The molecule has 5 heteroatoms. The number of benzene rings is 1. The Morgan fingerprint density at radius 1 is 1.26 bits per heavy atom. The molecule has 0 spiro atoms. The average Bonchev–Trinajstić information content (AvgIpc) is 2.72. The number of carbonyl (C=O) groups excluding carboxylic acids is 1. The molecule has 2 aliphatic heterocycles.